The third kappa shape index (κ3) is 2.36. The molecule has 0 aliphatic carbocycles. The monoisotopic (exact) mass is 345 g/mol. The van der Waals surface area contributed by atoms with Gasteiger partial charge in [-0.05, 0) is 24.3 Å². The molecule has 0 aliphatic heterocycles. The SMILES string of the molecule is CNC(=O)c1ccn(-c2c(N)cnc3ccc(Br)cc23)n1. The molecule has 0 saturated heterocycles. The molecule has 7 heteroatoms. The second-order valence-corrected chi connectivity index (χ2v) is 5.36. The molecule has 21 heavy (non-hydrogen) atoms. The zero-order chi connectivity index (χ0) is 15.0. The van der Waals surface area contributed by atoms with E-state index in [9.17, 15) is 4.79 Å². The number of anilines is 1. The fourth-order valence-corrected chi connectivity index (χ4v) is 2.48. The molecule has 3 N–H and O–H groups in total. The molecule has 0 unspecified atom stereocenters. The zero-order valence-corrected chi connectivity index (χ0v) is 12.8. The van der Waals surface area contributed by atoms with Crippen molar-refractivity contribution in [3.05, 3.63) is 46.8 Å². The van der Waals surface area contributed by atoms with Crippen LogP contribution in [-0.2, 0) is 0 Å². The zero-order valence-electron chi connectivity index (χ0n) is 11.2. The highest BCUT2D eigenvalue weighted by Crippen LogP contribution is 2.28. The molecule has 0 radical (unpaired) electrons. The second kappa shape index (κ2) is 5.17. The lowest BCUT2D eigenvalue weighted by Crippen LogP contribution is -2.18. The van der Waals surface area contributed by atoms with Crippen molar-refractivity contribution < 1.29 is 4.79 Å². The van der Waals surface area contributed by atoms with Crippen LogP contribution in [0.25, 0.3) is 16.6 Å². The second-order valence-electron chi connectivity index (χ2n) is 4.45. The van der Waals surface area contributed by atoms with Crippen LogP contribution in [0, 0.1) is 0 Å². The van der Waals surface area contributed by atoms with Crippen LogP contribution in [0.2, 0.25) is 0 Å². The molecular weight excluding hydrogens is 334 g/mol. The predicted molar refractivity (Wildman–Crippen MR) is 84.4 cm³/mol. The summed E-state index contributed by atoms with van der Waals surface area (Å²) in [5, 5.41) is 7.67. The third-order valence-corrected chi connectivity index (χ3v) is 3.60. The lowest BCUT2D eigenvalue weighted by Gasteiger charge is -2.09. The number of halogens is 1. The first kappa shape index (κ1) is 13.6. The molecule has 0 atom stereocenters. The molecule has 0 fully saturated rings. The van der Waals surface area contributed by atoms with Gasteiger partial charge in [-0.1, -0.05) is 15.9 Å². The number of nitrogen functional groups attached to an aromatic ring is 1. The Kier molecular flexibility index (Phi) is 3.34. The summed E-state index contributed by atoms with van der Waals surface area (Å²) in [6, 6.07) is 7.37. The molecule has 0 aliphatic rings. The Morgan fingerprint density at radius 2 is 2.19 bits per heavy atom. The van der Waals surface area contributed by atoms with Crippen LogP contribution in [0.5, 0.6) is 0 Å². The molecule has 2 heterocycles. The van der Waals surface area contributed by atoms with E-state index in [1.165, 1.54) is 0 Å². The van der Waals surface area contributed by atoms with Crippen molar-refractivity contribution in [3.8, 4) is 5.69 Å². The number of benzene rings is 1. The Morgan fingerprint density at radius 1 is 1.38 bits per heavy atom. The summed E-state index contributed by atoms with van der Waals surface area (Å²) < 4.78 is 2.51. The topological polar surface area (TPSA) is 85.8 Å². The van der Waals surface area contributed by atoms with Crippen molar-refractivity contribution in [2.45, 2.75) is 0 Å². The number of pyridine rings is 1. The summed E-state index contributed by atoms with van der Waals surface area (Å²) in [7, 11) is 1.56. The van der Waals surface area contributed by atoms with Crippen LogP contribution in [0.3, 0.4) is 0 Å². The van der Waals surface area contributed by atoms with Crippen LogP contribution in [0.1, 0.15) is 10.5 Å². The molecule has 6 nitrogen and oxygen atoms in total. The van der Waals surface area contributed by atoms with Crippen molar-refractivity contribution in [2.75, 3.05) is 12.8 Å². The Labute approximate surface area is 129 Å². The maximum atomic E-state index is 11.6. The van der Waals surface area contributed by atoms with Crippen molar-refractivity contribution in [1.29, 1.82) is 0 Å². The minimum absolute atomic E-state index is 0.244. The minimum atomic E-state index is -0.244. The van der Waals surface area contributed by atoms with E-state index in [0.29, 0.717) is 17.1 Å². The van der Waals surface area contributed by atoms with Gasteiger partial charge < -0.3 is 11.1 Å². The predicted octanol–water partition coefficient (Wildman–Crippen LogP) is 2.12. The number of carbonyl (C=O) groups excluding carboxylic acids is 1. The molecule has 0 spiro atoms. The molecule has 1 amide bonds. The van der Waals surface area contributed by atoms with E-state index in [1.54, 1.807) is 30.2 Å². The fraction of sp³-hybridized carbons (Fsp3) is 0.0714. The van der Waals surface area contributed by atoms with Gasteiger partial charge >= 0.3 is 0 Å². The van der Waals surface area contributed by atoms with E-state index in [2.05, 4.69) is 31.3 Å². The average Bonchev–Trinajstić information content (AvgIpc) is 2.95. The van der Waals surface area contributed by atoms with Crippen molar-refractivity contribution in [1.82, 2.24) is 20.1 Å². The average molecular weight is 346 g/mol. The molecule has 0 saturated carbocycles. The quantitative estimate of drug-likeness (QED) is 0.744. The molecule has 0 bridgehead atoms. The van der Waals surface area contributed by atoms with E-state index >= 15 is 0 Å². The largest absolute Gasteiger partial charge is 0.396 e. The number of carbonyl (C=O) groups is 1. The summed E-state index contributed by atoms with van der Waals surface area (Å²) in [6.45, 7) is 0. The van der Waals surface area contributed by atoms with Gasteiger partial charge in [0.1, 0.15) is 0 Å². The van der Waals surface area contributed by atoms with E-state index in [-0.39, 0.29) is 5.91 Å². The number of nitrogens with two attached hydrogens (primary N) is 1. The first-order chi connectivity index (χ1) is 10.1. The van der Waals surface area contributed by atoms with Gasteiger partial charge in [-0.2, -0.15) is 5.10 Å². The van der Waals surface area contributed by atoms with Gasteiger partial charge in [0.25, 0.3) is 5.91 Å². The van der Waals surface area contributed by atoms with Crippen LogP contribution in [0.4, 0.5) is 5.69 Å². The van der Waals surface area contributed by atoms with Crippen LogP contribution in [-0.4, -0.2) is 27.7 Å². The number of nitrogens with one attached hydrogen (secondary N) is 1. The molecular formula is C14H12BrN5O. The van der Waals surface area contributed by atoms with Crippen LogP contribution in [0.15, 0.2) is 41.1 Å². The normalized spacial score (nSPS) is 10.8. The standard InChI is InChI=1S/C14H12BrN5O/c1-17-14(21)12-4-5-20(19-12)13-9-6-8(15)2-3-11(9)18-7-10(13)16/h2-7H,16H2,1H3,(H,17,21). The Bertz CT molecular complexity index is 837. The molecule has 3 rings (SSSR count). The summed E-state index contributed by atoms with van der Waals surface area (Å²) in [4.78, 5) is 15.9. The van der Waals surface area contributed by atoms with Crippen LogP contribution < -0.4 is 11.1 Å². The summed E-state index contributed by atoms with van der Waals surface area (Å²) in [5.74, 6) is -0.244. The number of hydrogen-bond acceptors (Lipinski definition) is 4. The van der Waals surface area contributed by atoms with Crippen molar-refractivity contribution >= 4 is 38.4 Å². The smallest absolute Gasteiger partial charge is 0.271 e. The lowest BCUT2D eigenvalue weighted by atomic mass is 10.1. The molecule has 1 aromatic carbocycles. The van der Waals surface area contributed by atoms with E-state index in [4.69, 9.17) is 5.73 Å². The van der Waals surface area contributed by atoms with Gasteiger partial charge in [0.2, 0.25) is 0 Å². The summed E-state index contributed by atoms with van der Waals surface area (Å²) >= 11 is 3.44. The van der Waals surface area contributed by atoms with Gasteiger partial charge in [0.15, 0.2) is 5.69 Å². The first-order valence-corrected chi connectivity index (χ1v) is 7.01. The molecule has 106 valence electrons. The maximum absolute atomic E-state index is 11.6. The van der Waals surface area contributed by atoms with E-state index in [1.807, 2.05) is 18.2 Å². The summed E-state index contributed by atoms with van der Waals surface area (Å²) in [5.41, 5.74) is 8.38. The van der Waals surface area contributed by atoms with Crippen molar-refractivity contribution in [3.63, 3.8) is 0 Å². The van der Waals surface area contributed by atoms with E-state index < -0.39 is 0 Å². The summed E-state index contributed by atoms with van der Waals surface area (Å²) in [6.07, 6.45) is 3.30. The minimum Gasteiger partial charge on any atom is -0.396 e. The maximum Gasteiger partial charge on any atom is 0.271 e. The Morgan fingerprint density at radius 3 is 2.95 bits per heavy atom. The number of aromatic nitrogens is 3. The van der Waals surface area contributed by atoms with Gasteiger partial charge in [-0.3, -0.25) is 9.78 Å². The number of hydrogen-bond donors (Lipinski definition) is 2. The number of amides is 1. The number of fused-ring (bicyclic) bond motifs is 1. The Balaban J connectivity index is 2.23. The van der Waals surface area contributed by atoms with Crippen LogP contribution >= 0.6 is 15.9 Å². The fourth-order valence-electron chi connectivity index (χ4n) is 2.12. The van der Waals surface area contributed by atoms with Gasteiger partial charge in [0, 0.05) is 23.1 Å². The highest BCUT2D eigenvalue weighted by molar-refractivity contribution is 9.10. The van der Waals surface area contributed by atoms with Gasteiger partial charge in [0.05, 0.1) is 23.1 Å². The molecule has 3 aromatic rings. The third-order valence-electron chi connectivity index (χ3n) is 3.11. The highest BCUT2D eigenvalue weighted by atomic mass is 79.9. The highest BCUT2D eigenvalue weighted by Gasteiger charge is 2.13. The molecule has 2 aromatic heterocycles. The lowest BCUT2D eigenvalue weighted by molar-refractivity contribution is 0.0957. The number of nitrogens with zero attached hydrogens (tertiary/aromatic N) is 3. The Hall–Kier alpha value is -2.41. The van der Waals surface area contributed by atoms with E-state index in [0.717, 1.165) is 15.4 Å². The first-order valence-electron chi connectivity index (χ1n) is 6.22. The number of rotatable bonds is 2. The van der Waals surface area contributed by atoms with Crippen molar-refractivity contribution in [2.24, 2.45) is 0 Å². The van der Waals surface area contributed by atoms with Gasteiger partial charge in [-0.15, -0.1) is 0 Å². The van der Waals surface area contributed by atoms with Gasteiger partial charge in [-0.25, -0.2) is 4.68 Å².